The Kier molecular flexibility index (Phi) is 10.6. The predicted octanol–water partition coefficient (Wildman–Crippen LogP) is 5.52. The molecule has 202 valence electrons. The molecular formula is C28H31Cl2N3O4S. The van der Waals surface area contributed by atoms with Crippen molar-refractivity contribution in [3.63, 3.8) is 0 Å². The van der Waals surface area contributed by atoms with Gasteiger partial charge in [-0.3, -0.25) is 13.9 Å². The summed E-state index contributed by atoms with van der Waals surface area (Å²) in [5.74, 6) is -0.863. The Balaban J connectivity index is 2.05. The molecule has 7 nitrogen and oxygen atoms in total. The van der Waals surface area contributed by atoms with Crippen molar-refractivity contribution >= 4 is 50.7 Å². The lowest BCUT2D eigenvalue weighted by molar-refractivity contribution is -0.140. The van der Waals surface area contributed by atoms with Crippen LogP contribution >= 0.6 is 23.2 Å². The van der Waals surface area contributed by atoms with Crippen molar-refractivity contribution in [3.05, 3.63) is 94.5 Å². The van der Waals surface area contributed by atoms with Crippen molar-refractivity contribution in [2.75, 3.05) is 17.4 Å². The number of amides is 2. The average Bonchev–Trinajstić information content (AvgIpc) is 2.91. The number of halogens is 2. The van der Waals surface area contributed by atoms with Gasteiger partial charge in [0.15, 0.2) is 0 Å². The zero-order valence-electron chi connectivity index (χ0n) is 21.3. The van der Waals surface area contributed by atoms with E-state index in [1.165, 1.54) is 23.1 Å². The lowest BCUT2D eigenvalue weighted by Gasteiger charge is -2.33. The molecular weight excluding hydrogens is 545 g/mol. The monoisotopic (exact) mass is 575 g/mol. The van der Waals surface area contributed by atoms with Gasteiger partial charge in [-0.1, -0.05) is 79.5 Å². The second-order valence-electron chi connectivity index (χ2n) is 8.63. The van der Waals surface area contributed by atoms with E-state index in [4.69, 9.17) is 23.2 Å². The molecule has 0 fully saturated rings. The van der Waals surface area contributed by atoms with Gasteiger partial charge in [0.25, 0.3) is 10.0 Å². The first-order valence-corrected chi connectivity index (χ1v) is 14.5. The fourth-order valence-electron chi connectivity index (χ4n) is 3.98. The third kappa shape index (κ3) is 7.28. The lowest BCUT2D eigenvalue weighted by Crippen LogP contribution is -2.52. The molecule has 0 aromatic heterocycles. The normalized spacial score (nSPS) is 12.0. The highest BCUT2D eigenvalue weighted by Crippen LogP contribution is 2.27. The molecule has 2 amide bonds. The van der Waals surface area contributed by atoms with Crippen molar-refractivity contribution in [1.29, 1.82) is 0 Å². The van der Waals surface area contributed by atoms with Gasteiger partial charge in [0.2, 0.25) is 11.8 Å². The highest BCUT2D eigenvalue weighted by molar-refractivity contribution is 7.92. The molecule has 0 bridgehead atoms. The van der Waals surface area contributed by atoms with Gasteiger partial charge in [-0.05, 0) is 54.8 Å². The van der Waals surface area contributed by atoms with Crippen molar-refractivity contribution in [2.45, 2.75) is 44.2 Å². The molecule has 0 heterocycles. The van der Waals surface area contributed by atoms with Crippen LogP contribution in [-0.2, 0) is 26.2 Å². The van der Waals surface area contributed by atoms with E-state index < -0.39 is 28.5 Å². The number of anilines is 1. The second-order valence-corrected chi connectivity index (χ2v) is 11.3. The highest BCUT2D eigenvalue weighted by Gasteiger charge is 2.33. The molecule has 0 aliphatic heterocycles. The number of nitrogens with one attached hydrogen (secondary N) is 1. The van der Waals surface area contributed by atoms with E-state index in [1.807, 2.05) is 6.92 Å². The van der Waals surface area contributed by atoms with Gasteiger partial charge >= 0.3 is 0 Å². The lowest BCUT2D eigenvalue weighted by atomic mass is 10.1. The minimum atomic E-state index is -4.15. The maximum atomic E-state index is 13.9. The molecule has 0 aliphatic carbocycles. The second kappa shape index (κ2) is 13.6. The molecule has 10 heteroatoms. The molecule has 0 radical (unpaired) electrons. The van der Waals surface area contributed by atoms with Crippen molar-refractivity contribution < 1.29 is 18.0 Å². The van der Waals surface area contributed by atoms with Crippen molar-refractivity contribution in [2.24, 2.45) is 0 Å². The van der Waals surface area contributed by atoms with Crippen LogP contribution in [0.4, 0.5) is 5.69 Å². The van der Waals surface area contributed by atoms with Gasteiger partial charge < -0.3 is 10.2 Å². The number of hydrogen-bond acceptors (Lipinski definition) is 4. The Hall–Kier alpha value is -3.07. The number of sulfonamides is 1. The first kappa shape index (κ1) is 29.5. The summed E-state index contributed by atoms with van der Waals surface area (Å²) < 4.78 is 28.5. The van der Waals surface area contributed by atoms with Crippen LogP contribution in [0, 0.1) is 0 Å². The van der Waals surface area contributed by atoms with Crippen molar-refractivity contribution in [1.82, 2.24) is 10.2 Å². The first-order chi connectivity index (χ1) is 18.2. The molecule has 3 rings (SSSR count). The fourth-order valence-corrected chi connectivity index (χ4v) is 5.78. The Morgan fingerprint density at radius 1 is 0.921 bits per heavy atom. The number of nitrogens with zero attached hydrogens (tertiary/aromatic N) is 2. The molecule has 0 saturated heterocycles. The highest BCUT2D eigenvalue weighted by atomic mass is 35.5. The number of benzene rings is 3. The quantitative estimate of drug-likeness (QED) is 0.308. The average molecular weight is 577 g/mol. The summed E-state index contributed by atoms with van der Waals surface area (Å²) in [6, 6.07) is 20.4. The van der Waals surface area contributed by atoms with Crippen LogP contribution in [0.1, 0.15) is 32.3 Å². The Morgan fingerprint density at radius 3 is 2.24 bits per heavy atom. The van der Waals surface area contributed by atoms with Gasteiger partial charge in [-0.15, -0.1) is 0 Å². The van der Waals surface area contributed by atoms with E-state index in [9.17, 15) is 18.0 Å². The number of carbonyl (C=O) groups excluding carboxylic acids is 2. The number of rotatable bonds is 12. The van der Waals surface area contributed by atoms with Crippen LogP contribution in [0.2, 0.25) is 10.0 Å². The Bertz CT molecular complexity index is 1350. The zero-order chi connectivity index (χ0) is 27.7. The van der Waals surface area contributed by atoms with Gasteiger partial charge in [-0.25, -0.2) is 8.42 Å². The van der Waals surface area contributed by atoms with E-state index in [2.05, 4.69) is 5.32 Å². The van der Waals surface area contributed by atoms with E-state index in [0.29, 0.717) is 28.6 Å². The van der Waals surface area contributed by atoms with Crippen LogP contribution in [0.5, 0.6) is 0 Å². The van der Waals surface area contributed by atoms with E-state index >= 15 is 0 Å². The maximum Gasteiger partial charge on any atom is 0.264 e. The molecule has 0 spiro atoms. The molecule has 3 aromatic carbocycles. The summed E-state index contributed by atoms with van der Waals surface area (Å²) in [5, 5.41) is 3.62. The molecule has 3 aromatic rings. The summed E-state index contributed by atoms with van der Waals surface area (Å²) in [7, 11) is -4.15. The van der Waals surface area contributed by atoms with Crippen LogP contribution in [0.15, 0.2) is 83.8 Å². The standard InChI is InChI=1S/C28H31Cl2N3O4S/c1-3-17-31-28(35)26(4-2)32(19-21-11-8-9-16-25(21)30)27(34)20-33(23-13-10-12-22(29)18-23)38(36,37)24-14-6-5-7-15-24/h5-16,18,26H,3-4,17,19-20H2,1-2H3,(H,31,35)/t26-/m0/s1. The number of hydrogen-bond donors (Lipinski definition) is 1. The van der Waals surface area contributed by atoms with Crippen LogP contribution in [0.3, 0.4) is 0 Å². The zero-order valence-corrected chi connectivity index (χ0v) is 23.6. The van der Waals surface area contributed by atoms with Crippen molar-refractivity contribution in [3.8, 4) is 0 Å². The molecule has 38 heavy (non-hydrogen) atoms. The van der Waals surface area contributed by atoms with Gasteiger partial charge in [0.05, 0.1) is 10.6 Å². The minimum absolute atomic E-state index is 0.0261. The number of carbonyl (C=O) groups is 2. The largest absolute Gasteiger partial charge is 0.354 e. The Morgan fingerprint density at radius 2 is 1.61 bits per heavy atom. The summed E-state index contributed by atoms with van der Waals surface area (Å²) in [5.41, 5.74) is 0.875. The molecule has 0 saturated carbocycles. The summed E-state index contributed by atoms with van der Waals surface area (Å²) in [6.45, 7) is 3.69. The van der Waals surface area contributed by atoms with E-state index in [1.54, 1.807) is 67.6 Å². The predicted molar refractivity (Wildman–Crippen MR) is 152 cm³/mol. The summed E-state index contributed by atoms with van der Waals surface area (Å²) in [6.07, 6.45) is 1.06. The molecule has 1 N–H and O–H groups in total. The minimum Gasteiger partial charge on any atom is -0.354 e. The van der Waals surface area contributed by atoms with Gasteiger partial charge in [0, 0.05) is 23.1 Å². The molecule has 0 unspecified atom stereocenters. The molecule has 1 atom stereocenters. The van der Waals surface area contributed by atoms with Gasteiger partial charge in [-0.2, -0.15) is 0 Å². The third-order valence-corrected chi connectivity index (χ3v) is 8.33. The van der Waals surface area contributed by atoms with Crippen LogP contribution in [-0.4, -0.2) is 44.3 Å². The topological polar surface area (TPSA) is 86.8 Å². The van der Waals surface area contributed by atoms with Crippen LogP contribution < -0.4 is 9.62 Å². The third-order valence-electron chi connectivity index (χ3n) is 5.94. The fraction of sp³-hybridized carbons (Fsp3) is 0.286. The summed E-state index contributed by atoms with van der Waals surface area (Å²) >= 11 is 12.6. The van der Waals surface area contributed by atoms with E-state index in [0.717, 1.165) is 10.7 Å². The van der Waals surface area contributed by atoms with E-state index in [-0.39, 0.29) is 23.0 Å². The summed E-state index contributed by atoms with van der Waals surface area (Å²) in [4.78, 5) is 28.5. The smallest absolute Gasteiger partial charge is 0.264 e. The first-order valence-electron chi connectivity index (χ1n) is 12.3. The maximum absolute atomic E-state index is 13.9. The van der Waals surface area contributed by atoms with Gasteiger partial charge in [0.1, 0.15) is 12.6 Å². The SMILES string of the molecule is CCCNC(=O)[C@H](CC)N(Cc1ccccc1Cl)C(=O)CN(c1cccc(Cl)c1)S(=O)(=O)c1ccccc1. The Labute approximate surface area is 234 Å². The van der Waals surface area contributed by atoms with Crippen LogP contribution in [0.25, 0.3) is 0 Å². The molecule has 0 aliphatic rings.